The molecular formula is C13H19N3O2. The van der Waals surface area contributed by atoms with Crippen LogP contribution in [0.25, 0.3) is 0 Å². The van der Waals surface area contributed by atoms with E-state index in [4.69, 9.17) is 10.5 Å². The van der Waals surface area contributed by atoms with Crippen LogP contribution in [0.3, 0.4) is 0 Å². The van der Waals surface area contributed by atoms with Gasteiger partial charge < -0.3 is 10.5 Å². The van der Waals surface area contributed by atoms with Gasteiger partial charge in [-0.15, -0.1) is 0 Å². The van der Waals surface area contributed by atoms with Crippen LogP contribution in [0, 0.1) is 0 Å². The molecule has 1 aromatic rings. The van der Waals surface area contributed by atoms with E-state index in [1.807, 2.05) is 18.3 Å². The highest BCUT2D eigenvalue weighted by atomic mass is 16.5. The molecule has 1 saturated heterocycles. The summed E-state index contributed by atoms with van der Waals surface area (Å²) in [6.45, 7) is 1.89. The quantitative estimate of drug-likeness (QED) is 0.827. The molecule has 5 nitrogen and oxygen atoms in total. The van der Waals surface area contributed by atoms with Gasteiger partial charge in [-0.25, -0.2) is 0 Å². The first-order chi connectivity index (χ1) is 8.69. The number of methoxy groups -OCH3 is 1. The zero-order valence-electron chi connectivity index (χ0n) is 10.6. The molecule has 1 aliphatic rings. The molecule has 2 N–H and O–H groups in total. The number of ether oxygens (including phenoxy) is 1. The number of hydrogen-bond donors (Lipinski definition) is 1. The molecule has 0 aliphatic carbocycles. The van der Waals surface area contributed by atoms with E-state index >= 15 is 0 Å². The first kappa shape index (κ1) is 13.0. The van der Waals surface area contributed by atoms with Crippen molar-refractivity contribution in [1.29, 1.82) is 0 Å². The largest absolute Gasteiger partial charge is 0.382 e. The summed E-state index contributed by atoms with van der Waals surface area (Å²) in [6.07, 6.45) is 5.28. The summed E-state index contributed by atoms with van der Waals surface area (Å²) in [5.74, 6) is -0.300. The van der Waals surface area contributed by atoms with Gasteiger partial charge in [0.05, 0.1) is 6.61 Å². The van der Waals surface area contributed by atoms with Crippen LogP contribution in [0.5, 0.6) is 0 Å². The molecular weight excluding hydrogens is 230 g/mol. The second-order valence-corrected chi connectivity index (χ2v) is 4.72. The Balaban J connectivity index is 2.18. The number of hydrogen-bond acceptors (Lipinski definition) is 4. The van der Waals surface area contributed by atoms with Gasteiger partial charge in [0, 0.05) is 26.0 Å². The molecule has 18 heavy (non-hydrogen) atoms. The topological polar surface area (TPSA) is 68.5 Å². The zero-order chi connectivity index (χ0) is 13.0. The first-order valence-electron chi connectivity index (χ1n) is 6.12. The Hall–Kier alpha value is -1.46. The predicted molar refractivity (Wildman–Crippen MR) is 67.7 cm³/mol. The third-order valence-electron chi connectivity index (χ3n) is 3.56. The number of carbonyl (C=O) groups is 1. The Morgan fingerprint density at radius 2 is 2.50 bits per heavy atom. The Kier molecular flexibility index (Phi) is 3.93. The van der Waals surface area contributed by atoms with Crippen molar-refractivity contribution in [2.75, 3.05) is 20.3 Å². The fourth-order valence-corrected chi connectivity index (χ4v) is 2.63. The summed E-state index contributed by atoms with van der Waals surface area (Å²) in [5.41, 5.74) is 6.01. The van der Waals surface area contributed by atoms with E-state index in [9.17, 15) is 4.79 Å². The second kappa shape index (κ2) is 5.46. The minimum absolute atomic E-state index is 0.300. The Labute approximate surface area is 107 Å². The molecule has 2 heterocycles. The van der Waals surface area contributed by atoms with Crippen LogP contribution in [0.15, 0.2) is 24.5 Å². The van der Waals surface area contributed by atoms with E-state index in [0.29, 0.717) is 13.2 Å². The van der Waals surface area contributed by atoms with Crippen LogP contribution in [0.1, 0.15) is 18.4 Å². The molecule has 0 spiro atoms. The van der Waals surface area contributed by atoms with Crippen molar-refractivity contribution < 1.29 is 9.53 Å². The van der Waals surface area contributed by atoms with Gasteiger partial charge >= 0.3 is 0 Å². The normalized spacial score (nSPS) is 24.3. The van der Waals surface area contributed by atoms with Crippen molar-refractivity contribution in [3.8, 4) is 0 Å². The fourth-order valence-electron chi connectivity index (χ4n) is 2.63. The lowest BCUT2D eigenvalue weighted by Crippen LogP contribution is -2.56. The highest BCUT2D eigenvalue weighted by molar-refractivity contribution is 5.85. The number of nitrogens with two attached hydrogens (primary N) is 1. The van der Waals surface area contributed by atoms with E-state index in [0.717, 1.165) is 24.9 Å². The molecule has 1 atom stereocenters. The van der Waals surface area contributed by atoms with E-state index < -0.39 is 5.54 Å². The summed E-state index contributed by atoms with van der Waals surface area (Å²) in [6, 6.07) is 3.90. The third kappa shape index (κ3) is 2.37. The summed E-state index contributed by atoms with van der Waals surface area (Å²) in [5, 5.41) is 0. The van der Waals surface area contributed by atoms with Crippen LogP contribution in [0.2, 0.25) is 0 Å². The number of primary amides is 1. The van der Waals surface area contributed by atoms with Crippen LogP contribution >= 0.6 is 0 Å². The van der Waals surface area contributed by atoms with E-state index in [-0.39, 0.29) is 5.91 Å². The van der Waals surface area contributed by atoms with E-state index in [1.165, 1.54) is 0 Å². The molecule has 98 valence electrons. The summed E-state index contributed by atoms with van der Waals surface area (Å²) < 4.78 is 5.20. The fraction of sp³-hybridized carbons (Fsp3) is 0.538. The Morgan fingerprint density at radius 1 is 1.67 bits per heavy atom. The maximum absolute atomic E-state index is 11.8. The van der Waals surface area contributed by atoms with Crippen molar-refractivity contribution in [3.05, 3.63) is 30.1 Å². The van der Waals surface area contributed by atoms with E-state index in [1.54, 1.807) is 13.3 Å². The van der Waals surface area contributed by atoms with Gasteiger partial charge in [0.1, 0.15) is 5.54 Å². The number of carbonyl (C=O) groups excluding carboxylic acids is 1. The lowest BCUT2D eigenvalue weighted by Gasteiger charge is -2.35. The predicted octanol–water partition coefficient (Wildman–Crippen LogP) is 0.548. The van der Waals surface area contributed by atoms with Crippen molar-refractivity contribution in [3.63, 3.8) is 0 Å². The second-order valence-electron chi connectivity index (χ2n) is 4.72. The highest BCUT2D eigenvalue weighted by Crippen LogP contribution is 2.31. The number of likely N-dealkylation sites (tertiary alicyclic amines) is 1. The van der Waals surface area contributed by atoms with Gasteiger partial charge in [0.25, 0.3) is 0 Å². The number of rotatable bonds is 5. The molecule has 1 unspecified atom stereocenters. The molecule has 0 radical (unpaired) electrons. The van der Waals surface area contributed by atoms with E-state index in [2.05, 4.69) is 9.88 Å². The van der Waals surface area contributed by atoms with Crippen molar-refractivity contribution >= 4 is 5.91 Å². The van der Waals surface area contributed by atoms with Crippen molar-refractivity contribution in [2.45, 2.75) is 24.9 Å². The molecule has 5 heteroatoms. The van der Waals surface area contributed by atoms with Crippen LogP contribution in [0.4, 0.5) is 0 Å². The van der Waals surface area contributed by atoms with Gasteiger partial charge in [0.15, 0.2) is 0 Å². The molecule has 0 aromatic carbocycles. The number of aromatic nitrogens is 1. The van der Waals surface area contributed by atoms with Gasteiger partial charge in [-0.2, -0.15) is 0 Å². The number of nitrogens with zero attached hydrogens (tertiary/aromatic N) is 2. The SMILES string of the molecule is COCC1(C(N)=O)CCCN1Cc1cccnc1. The summed E-state index contributed by atoms with van der Waals surface area (Å²) >= 11 is 0. The number of amides is 1. The van der Waals surface area contributed by atoms with Gasteiger partial charge in [0.2, 0.25) is 5.91 Å². The average Bonchev–Trinajstić information content (AvgIpc) is 2.75. The Bertz CT molecular complexity index is 410. The molecule has 2 rings (SSSR count). The monoisotopic (exact) mass is 249 g/mol. The molecule has 1 aliphatic heterocycles. The molecule has 1 fully saturated rings. The smallest absolute Gasteiger partial charge is 0.240 e. The summed E-state index contributed by atoms with van der Waals surface area (Å²) in [7, 11) is 1.60. The van der Waals surface area contributed by atoms with Crippen LogP contribution in [-0.4, -0.2) is 41.6 Å². The van der Waals surface area contributed by atoms with Crippen molar-refractivity contribution in [2.24, 2.45) is 5.73 Å². The lowest BCUT2D eigenvalue weighted by molar-refractivity contribution is -0.132. The highest BCUT2D eigenvalue weighted by Gasteiger charge is 2.46. The van der Waals surface area contributed by atoms with Crippen LogP contribution in [-0.2, 0) is 16.1 Å². The van der Waals surface area contributed by atoms with Gasteiger partial charge in [-0.1, -0.05) is 6.07 Å². The summed E-state index contributed by atoms with van der Waals surface area (Å²) in [4.78, 5) is 18.0. The maximum Gasteiger partial charge on any atom is 0.240 e. The lowest BCUT2D eigenvalue weighted by atomic mass is 9.96. The minimum atomic E-state index is -0.662. The zero-order valence-corrected chi connectivity index (χ0v) is 10.6. The number of pyridine rings is 1. The van der Waals surface area contributed by atoms with Crippen molar-refractivity contribution in [1.82, 2.24) is 9.88 Å². The molecule has 0 saturated carbocycles. The van der Waals surface area contributed by atoms with Crippen LogP contribution < -0.4 is 5.73 Å². The standard InChI is InChI=1S/C13H19N3O2/c1-18-10-13(12(14)17)5-3-7-16(13)9-11-4-2-6-15-8-11/h2,4,6,8H,3,5,7,9-10H2,1H3,(H2,14,17). The molecule has 1 aromatic heterocycles. The minimum Gasteiger partial charge on any atom is -0.382 e. The molecule has 1 amide bonds. The Morgan fingerprint density at radius 3 is 3.11 bits per heavy atom. The first-order valence-corrected chi connectivity index (χ1v) is 6.12. The van der Waals surface area contributed by atoms with Gasteiger partial charge in [-0.05, 0) is 31.0 Å². The third-order valence-corrected chi connectivity index (χ3v) is 3.56. The maximum atomic E-state index is 11.8. The van der Waals surface area contributed by atoms with Gasteiger partial charge in [-0.3, -0.25) is 14.7 Å². The molecule has 0 bridgehead atoms. The average molecular weight is 249 g/mol.